The third-order valence-electron chi connectivity index (χ3n) is 4.19. The Bertz CT molecular complexity index is 375. The first-order valence-electron chi connectivity index (χ1n) is 7.12. The van der Waals surface area contributed by atoms with E-state index in [4.69, 9.17) is 0 Å². The Kier molecular flexibility index (Phi) is 4.79. The minimum absolute atomic E-state index is 0.712. The van der Waals surface area contributed by atoms with E-state index in [9.17, 15) is 0 Å². The highest BCUT2D eigenvalue weighted by molar-refractivity contribution is 5.22. The third-order valence-corrected chi connectivity index (χ3v) is 4.19. The Balaban J connectivity index is 1.93. The predicted octanol–water partition coefficient (Wildman–Crippen LogP) is 2.96. The van der Waals surface area contributed by atoms with Gasteiger partial charge in [-0.25, -0.2) is 0 Å². The van der Waals surface area contributed by atoms with Crippen LogP contribution in [0.25, 0.3) is 0 Å². The Morgan fingerprint density at radius 1 is 1.33 bits per heavy atom. The molecule has 100 valence electrons. The summed E-state index contributed by atoms with van der Waals surface area (Å²) >= 11 is 0. The normalized spacial score (nSPS) is 24.4. The molecule has 1 fully saturated rings. The van der Waals surface area contributed by atoms with Gasteiger partial charge in [0.1, 0.15) is 0 Å². The third kappa shape index (κ3) is 3.56. The van der Waals surface area contributed by atoms with E-state index in [0.717, 1.165) is 12.6 Å². The minimum atomic E-state index is 0.712. The quantitative estimate of drug-likeness (QED) is 0.878. The summed E-state index contributed by atoms with van der Waals surface area (Å²) in [6.07, 6.45) is 5.33. The van der Waals surface area contributed by atoms with Gasteiger partial charge < -0.3 is 5.32 Å². The molecule has 2 heteroatoms. The van der Waals surface area contributed by atoms with Crippen molar-refractivity contribution in [3.05, 3.63) is 35.4 Å². The van der Waals surface area contributed by atoms with Gasteiger partial charge in [-0.3, -0.25) is 4.90 Å². The second kappa shape index (κ2) is 6.35. The topological polar surface area (TPSA) is 15.3 Å². The van der Waals surface area contributed by atoms with E-state index in [2.05, 4.69) is 55.5 Å². The maximum absolute atomic E-state index is 3.44. The van der Waals surface area contributed by atoms with Crippen molar-refractivity contribution >= 4 is 0 Å². The number of rotatable bonds is 4. The van der Waals surface area contributed by atoms with Gasteiger partial charge >= 0.3 is 0 Å². The maximum Gasteiger partial charge on any atom is 0.0233 e. The molecule has 0 radical (unpaired) electrons. The first-order valence-corrected chi connectivity index (χ1v) is 7.12. The fourth-order valence-corrected chi connectivity index (χ4v) is 3.05. The van der Waals surface area contributed by atoms with Crippen LogP contribution in [0.15, 0.2) is 24.3 Å². The molecule has 0 saturated heterocycles. The molecule has 0 spiro atoms. The van der Waals surface area contributed by atoms with Gasteiger partial charge in [0.05, 0.1) is 0 Å². The highest BCUT2D eigenvalue weighted by Gasteiger charge is 2.23. The largest absolute Gasteiger partial charge is 0.317 e. The van der Waals surface area contributed by atoms with Gasteiger partial charge in [-0.15, -0.1) is 0 Å². The summed E-state index contributed by atoms with van der Waals surface area (Å²) in [5.41, 5.74) is 2.79. The fourth-order valence-electron chi connectivity index (χ4n) is 3.05. The van der Waals surface area contributed by atoms with Gasteiger partial charge in [0, 0.05) is 18.6 Å². The van der Waals surface area contributed by atoms with E-state index in [1.165, 1.54) is 36.8 Å². The lowest BCUT2D eigenvalue weighted by Gasteiger charge is -2.35. The fraction of sp³-hybridized carbons (Fsp3) is 0.625. The molecular weight excluding hydrogens is 220 g/mol. The van der Waals surface area contributed by atoms with Crippen LogP contribution in [0, 0.1) is 6.92 Å². The van der Waals surface area contributed by atoms with Crippen LogP contribution in [-0.4, -0.2) is 31.1 Å². The second-order valence-electron chi connectivity index (χ2n) is 5.71. The zero-order valence-corrected chi connectivity index (χ0v) is 11.9. The lowest BCUT2D eigenvalue weighted by molar-refractivity contribution is 0.165. The summed E-state index contributed by atoms with van der Waals surface area (Å²) in [7, 11) is 4.36. The summed E-state index contributed by atoms with van der Waals surface area (Å²) in [4.78, 5) is 2.53. The zero-order chi connectivity index (χ0) is 13.0. The van der Waals surface area contributed by atoms with Gasteiger partial charge in [-0.2, -0.15) is 0 Å². The van der Waals surface area contributed by atoms with E-state index in [-0.39, 0.29) is 0 Å². The lowest BCUT2D eigenvalue weighted by Crippen LogP contribution is -2.41. The SMILES string of the molecule is CNC1CCCC(N(C)Cc2cccc(C)c2)C1. The first-order chi connectivity index (χ1) is 8.69. The highest BCUT2D eigenvalue weighted by Crippen LogP contribution is 2.23. The van der Waals surface area contributed by atoms with Gasteiger partial charge in [0.15, 0.2) is 0 Å². The number of hydrogen-bond acceptors (Lipinski definition) is 2. The smallest absolute Gasteiger partial charge is 0.0233 e. The molecule has 2 unspecified atom stereocenters. The Morgan fingerprint density at radius 3 is 2.89 bits per heavy atom. The summed E-state index contributed by atoms with van der Waals surface area (Å²) in [6, 6.07) is 10.3. The molecule has 1 N–H and O–H groups in total. The van der Waals surface area contributed by atoms with Crippen molar-refractivity contribution in [2.24, 2.45) is 0 Å². The molecule has 1 aliphatic carbocycles. The molecule has 2 rings (SSSR count). The summed E-state index contributed by atoms with van der Waals surface area (Å²) in [5.74, 6) is 0. The molecule has 2 nitrogen and oxygen atoms in total. The second-order valence-corrected chi connectivity index (χ2v) is 5.71. The van der Waals surface area contributed by atoms with Crippen molar-refractivity contribution in [3.8, 4) is 0 Å². The molecule has 1 aromatic rings. The molecule has 1 saturated carbocycles. The maximum atomic E-state index is 3.44. The molecule has 18 heavy (non-hydrogen) atoms. The molecule has 0 bridgehead atoms. The van der Waals surface area contributed by atoms with Crippen LogP contribution in [-0.2, 0) is 6.54 Å². The van der Waals surface area contributed by atoms with E-state index in [1.807, 2.05) is 0 Å². The average molecular weight is 246 g/mol. The lowest BCUT2D eigenvalue weighted by atomic mass is 9.90. The van der Waals surface area contributed by atoms with E-state index in [1.54, 1.807) is 0 Å². The Morgan fingerprint density at radius 2 is 2.17 bits per heavy atom. The van der Waals surface area contributed by atoms with Crippen molar-refractivity contribution < 1.29 is 0 Å². The molecular formula is C16H26N2. The minimum Gasteiger partial charge on any atom is -0.317 e. The molecule has 0 aromatic heterocycles. The van der Waals surface area contributed by atoms with Crippen LogP contribution in [0.3, 0.4) is 0 Å². The van der Waals surface area contributed by atoms with Crippen LogP contribution < -0.4 is 5.32 Å². The zero-order valence-electron chi connectivity index (χ0n) is 11.9. The van der Waals surface area contributed by atoms with E-state index < -0.39 is 0 Å². The van der Waals surface area contributed by atoms with Crippen LogP contribution in [0.1, 0.15) is 36.8 Å². The van der Waals surface area contributed by atoms with Crippen molar-refractivity contribution in [3.63, 3.8) is 0 Å². The number of hydrogen-bond donors (Lipinski definition) is 1. The first kappa shape index (κ1) is 13.6. The number of nitrogens with zero attached hydrogens (tertiary/aromatic N) is 1. The van der Waals surface area contributed by atoms with Crippen LogP contribution in [0.2, 0.25) is 0 Å². The van der Waals surface area contributed by atoms with Gasteiger partial charge in [-0.1, -0.05) is 36.2 Å². The number of aryl methyl sites for hydroxylation is 1. The van der Waals surface area contributed by atoms with E-state index in [0.29, 0.717) is 6.04 Å². The molecule has 0 heterocycles. The molecule has 1 aromatic carbocycles. The van der Waals surface area contributed by atoms with Gasteiger partial charge in [0.2, 0.25) is 0 Å². The molecule has 0 aliphatic heterocycles. The van der Waals surface area contributed by atoms with Crippen LogP contribution in [0.4, 0.5) is 0 Å². The molecule has 2 atom stereocenters. The van der Waals surface area contributed by atoms with Gasteiger partial charge in [0.25, 0.3) is 0 Å². The highest BCUT2D eigenvalue weighted by atomic mass is 15.1. The predicted molar refractivity (Wildman–Crippen MR) is 77.7 cm³/mol. The Hall–Kier alpha value is -0.860. The summed E-state index contributed by atoms with van der Waals surface area (Å²) in [6.45, 7) is 3.24. The van der Waals surface area contributed by atoms with Crippen LogP contribution >= 0.6 is 0 Å². The van der Waals surface area contributed by atoms with Crippen molar-refractivity contribution in [1.82, 2.24) is 10.2 Å². The van der Waals surface area contributed by atoms with Crippen molar-refractivity contribution in [2.45, 2.75) is 51.2 Å². The number of benzene rings is 1. The van der Waals surface area contributed by atoms with E-state index >= 15 is 0 Å². The standard InChI is InChI=1S/C16H26N2/c1-13-6-4-7-14(10-13)12-18(3)16-9-5-8-15(11-16)17-2/h4,6-7,10,15-17H,5,8-9,11-12H2,1-3H3. The Labute approximate surface area is 111 Å². The summed E-state index contributed by atoms with van der Waals surface area (Å²) < 4.78 is 0. The number of nitrogens with one attached hydrogen (secondary N) is 1. The summed E-state index contributed by atoms with van der Waals surface area (Å²) in [5, 5.41) is 3.44. The van der Waals surface area contributed by atoms with Gasteiger partial charge in [-0.05, 0) is 45.8 Å². The monoisotopic (exact) mass is 246 g/mol. The molecule has 0 amide bonds. The van der Waals surface area contributed by atoms with Crippen molar-refractivity contribution in [2.75, 3.05) is 14.1 Å². The average Bonchev–Trinajstić information content (AvgIpc) is 2.39. The molecule has 1 aliphatic rings. The van der Waals surface area contributed by atoms with Crippen molar-refractivity contribution in [1.29, 1.82) is 0 Å². The van der Waals surface area contributed by atoms with Crippen LogP contribution in [0.5, 0.6) is 0 Å².